The van der Waals surface area contributed by atoms with Crippen LogP contribution >= 0.6 is 0 Å². The van der Waals surface area contributed by atoms with Crippen LogP contribution in [0.4, 0.5) is 0 Å². The van der Waals surface area contributed by atoms with E-state index in [9.17, 15) is 8.42 Å². The zero-order valence-corrected chi connectivity index (χ0v) is 10.9. The van der Waals surface area contributed by atoms with Crippen LogP contribution in [0, 0.1) is 11.3 Å². The fourth-order valence-corrected chi connectivity index (χ4v) is 2.90. The van der Waals surface area contributed by atoms with Crippen molar-refractivity contribution in [2.45, 2.75) is 25.1 Å². The number of aliphatic hydroxyl groups is 1. The van der Waals surface area contributed by atoms with Crippen molar-refractivity contribution in [3.8, 4) is 6.07 Å². The maximum atomic E-state index is 11.8. The minimum atomic E-state index is -3.47. The topological polar surface area (TPSA) is 90.2 Å². The summed E-state index contributed by atoms with van der Waals surface area (Å²) in [7, 11) is -3.47. The van der Waals surface area contributed by atoms with Gasteiger partial charge in [-0.25, -0.2) is 13.1 Å². The quantitative estimate of drug-likeness (QED) is 0.796. The molecule has 0 bridgehead atoms. The Hall–Kier alpha value is -1.42. The summed E-state index contributed by atoms with van der Waals surface area (Å²) < 4.78 is 26.0. The van der Waals surface area contributed by atoms with E-state index in [1.165, 1.54) is 0 Å². The molecular formula is C12H16N2O3S. The third-order valence-electron chi connectivity index (χ3n) is 2.50. The van der Waals surface area contributed by atoms with Gasteiger partial charge in [-0.3, -0.25) is 0 Å². The van der Waals surface area contributed by atoms with E-state index in [1.54, 1.807) is 31.2 Å². The summed E-state index contributed by atoms with van der Waals surface area (Å²) in [4.78, 5) is 0. The lowest BCUT2D eigenvalue weighted by Crippen LogP contribution is -2.37. The molecule has 0 fully saturated rings. The van der Waals surface area contributed by atoms with Crippen LogP contribution in [0.1, 0.15) is 24.5 Å². The standard InChI is InChI=1S/C12H16N2O3S/c1-2-12(8-15)14-18(16,17)9-11-5-3-10(7-13)4-6-11/h3-6,12,14-15H,2,8-9H2,1H3/t12-/m1/s1. The van der Waals surface area contributed by atoms with Crippen molar-refractivity contribution in [2.24, 2.45) is 0 Å². The minimum absolute atomic E-state index is 0.158. The first-order valence-electron chi connectivity index (χ1n) is 5.60. The molecule has 0 aliphatic carbocycles. The van der Waals surface area contributed by atoms with Crippen LogP contribution in [0.25, 0.3) is 0 Å². The van der Waals surface area contributed by atoms with Crippen LogP contribution in [0.2, 0.25) is 0 Å². The molecule has 1 aromatic rings. The van der Waals surface area contributed by atoms with Crippen LogP contribution in [0.15, 0.2) is 24.3 Å². The number of nitrogens with one attached hydrogen (secondary N) is 1. The van der Waals surface area contributed by atoms with Gasteiger partial charge in [-0.05, 0) is 24.1 Å². The summed E-state index contributed by atoms with van der Waals surface area (Å²) in [5, 5.41) is 17.6. The van der Waals surface area contributed by atoms with Gasteiger partial charge < -0.3 is 5.11 Å². The summed E-state index contributed by atoms with van der Waals surface area (Å²) >= 11 is 0. The number of hydrogen-bond donors (Lipinski definition) is 2. The Bertz CT molecular complexity index is 513. The van der Waals surface area contributed by atoms with Crippen molar-refractivity contribution in [2.75, 3.05) is 6.61 Å². The fraction of sp³-hybridized carbons (Fsp3) is 0.417. The number of sulfonamides is 1. The third-order valence-corrected chi connectivity index (χ3v) is 3.90. The predicted molar refractivity (Wildman–Crippen MR) is 68.1 cm³/mol. The molecule has 0 radical (unpaired) electrons. The summed E-state index contributed by atoms with van der Waals surface area (Å²) in [5.41, 5.74) is 1.10. The fourth-order valence-electron chi connectivity index (χ4n) is 1.44. The molecule has 0 amide bonds. The monoisotopic (exact) mass is 268 g/mol. The smallest absolute Gasteiger partial charge is 0.216 e. The number of benzene rings is 1. The Kier molecular flexibility index (Phi) is 5.28. The largest absolute Gasteiger partial charge is 0.395 e. The molecule has 1 atom stereocenters. The minimum Gasteiger partial charge on any atom is -0.395 e. The lowest BCUT2D eigenvalue weighted by Gasteiger charge is -2.14. The Morgan fingerprint density at radius 3 is 2.44 bits per heavy atom. The number of rotatable bonds is 6. The number of nitriles is 1. The lowest BCUT2D eigenvalue weighted by molar-refractivity contribution is 0.254. The first kappa shape index (κ1) is 14.6. The van der Waals surface area contributed by atoms with Crippen molar-refractivity contribution in [3.05, 3.63) is 35.4 Å². The second-order valence-electron chi connectivity index (χ2n) is 3.97. The summed E-state index contributed by atoms with van der Waals surface area (Å²) in [6, 6.07) is 7.89. The van der Waals surface area contributed by atoms with Crippen LogP contribution in [-0.4, -0.2) is 26.2 Å². The summed E-state index contributed by atoms with van der Waals surface area (Å²) in [6.45, 7) is 1.58. The van der Waals surface area contributed by atoms with Crippen molar-refractivity contribution < 1.29 is 13.5 Å². The van der Waals surface area contributed by atoms with E-state index >= 15 is 0 Å². The number of nitrogens with zero attached hydrogens (tertiary/aromatic N) is 1. The highest BCUT2D eigenvalue weighted by atomic mass is 32.2. The Morgan fingerprint density at radius 1 is 1.39 bits per heavy atom. The van der Waals surface area contributed by atoms with Crippen LogP contribution < -0.4 is 4.72 Å². The van der Waals surface area contributed by atoms with Gasteiger partial charge >= 0.3 is 0 Å². The van der Waals surface area contributed by atoms with Gasteiger partial charge in [-0.2, -0.15) is 5.26 Å². The van der Waals surface area contributed by atoms with Crippen molar-refractivity contribution in [3.63, 3.8) is 0 Å². The molecule has 98 valence electrons. The van der Waals surface area contributed by atoms with Gasteiger partial charge in [-0.15, -0.1) is 0 Å². The van der Waals surface area contributed by atoms with Crippen molar-refractivity contribution in [1.82, 2.24) is 4.72 Å². The van der Waals surface area contributed by atoms with Gasteiger partial charge in [0.15, 0.2) is 0 Å². The van der Waals surface area contributed by atoms with Gasteiger partial charge in [0.1, 0.15) is 0 Å². The molecule has 0 spiro atoms. The van der Waals surface area contributed by atoms with Crippen molar-refractivity contribution in [1.29, 1.82) is 5.26 Å². The number of aliphatic hydroxyl groups excluding tert-OH is 1. The van der Waals surface area contributed by atoms with Crippen LogP contribution in [-0.2, 0) is 15.8 Å². The highest BCUT2D eigenvalue weighted by Crippen LogP contribution is 2.08. The molecule has 0 saturated carbocycles. The Balaban J connectivity index is 2.73. The second kappa shape index (κ2) is 6.50. The van der Waals surface area contributed by atoms with Gasteiger partial charge in [0, 0.05) is 6.04 Å². The lowest BCUT2D eigenvalue weighted by atomic mass is 10.2. The Labute approximate surface area is 107 Å². The molecular weight excluding hydrogens is 252 g/mol. The van der Waals surface area contributed by atoms with E-state index < -0.39 is 16.1 Å². The van der Waals surface area contributed by atoms with E-state index in [4.69, 9.17) is 10.4 Å². The molecule has 1 rings (SSSR count). The van der Waals surface area contributed by atoms with E-state index in [1.807, 2.05) is 6.07 Å². The van der Waals surface area contributed by atoms with Gasteiger partial charge in [0.2, 0.25) is 10.0 Å². The summed E-state index contributed by atoms with van der Waals surface area (Å²) in [6.07, 6.45) is 0.531. The molecule has 0 heterocycles. The van der Waals surface area contributed by atoms with Gasteiger partial charge in [0.25, 0.3) is 0 Å². The van der Waals surface area contributed by atoms with Gasteiger partial charge in [0.05, 0.1) is 24.0 Å². The molecule has 0 aliphatic rings. The molecule has 0 aliphatic heterocycles. The maximum absolute atomic E-state index is 11.8. The van der Waals surface area contributed by atoms with E-state index in [0.717, 1.165) is 0 Å². The normalized spacial score (nSPS) is 12.9. The second-order valence-corrected chi connectivity index (χ2v) is 5.73. The third kappa shape index (κ3) is 4.45. The molecule has 0 saturated heterocycles. The molecule has 5 nitrogen and oxygen atoms in total. The van der Waals surface area contributed by atoms with Crippen molar-refractivity contribution >= 4 is 10.0 Å². The molecule has 6 heteroatoms. The average molecular weight is 268 g/mol. The van der Waals surface area contributed by atoms with E-state index in [-0.39, 0.29) is 12.4 Å². The van der Waals surface area contributed by atoms with Crippen LogP contribution in [0.3, 0.4) is 0 Å². The van der Waals surface area contributed by atoms with E-state index in [2.05, 4.69) is 4.72 Å². The first-order valence-corrected chi connectivity index (χ1v) is 7.26. The first-order chi connectivity index (χ1) is 8.50. The highest BCUT2D eigenvalue weighted by molar-refractivity contribution is 7.88. The van der Waals surface area contributed by atoms with Crippen LogP contribution in [0.5, 0.6) is 0 Å². The summed E-state index contributed by atoms with van der Waals surface area (Å²) in [5.74, 6) is -0.158. The van der Waals surface area contributed by atoms with E-state index in [0.29, 0.717) is 17.5 Å². The molecule has 0 unspecified atom stereocenters. The number of hydrogen-bond acceptors (Lipinski definition) is 4. The zero-order chi connectivity index (χ0) is 13.6. The SMILES string of the molecule is CC[C@H](CO)NS(=O)(=O)Cc1ccc(C#N)cc1. The average Bonchev–Trinajstić information content (AvgIpc) is 2.36. The molecule has 0 aromatic heterocycles. The van der Waals surface area contributed by atoms with Gasteiger partial charge in [-0.1, -0.05) is 19.1 Å². The Morgan fingerprint density at radius 2 is 2.00 bits per heavy atom. The maximum Gasteiger partial charge on any atom is 0.216 e. The molecule has 1 aromatic carbocycles. The highest BCUT2D eigenvalue weighted by Gasteiger charge is 2.16. The zero-order valence-electron chi connectivity index (χ0n) is 10.1. The molecule has 18 heavy (non-hydrogen) atoms. The molecule has 2 N–H and O–H groups in total. The predicted octanol–water partition coefficient (Wildman–Crippen LogP) is 0.749.